The lowest BCUT2D eigenvalue weighted by Crippen LogP contribution is -2.35. The van der Waals surface area contributed by atoms with Gasteiger partial charge in [-0.1, -0.05) is 24.3 Å². The van der Waals surface area contributed by atoms with E-state index in [1.807, 2.05) is 12.4 Å². The summed E-state index contributed by atoms with van der Waals surface area (Å²) < 4.78 is 5.70. The first-order chi connectivity index (χ1) is 12.7. The van der Waals surface area contributed by atoms with Crippen LogP contribution >= 0.6 is 0 Å². The molecule has 4 rings (SSSR count). The molecular formula is C21H25N3O2. The molecule has 2 aliphatic rings. The van der Waals surface area contributed by atoms with Crippen molar-refractivity contribution in [3.8, 4) is 17.1 Å². The van der Waals surface area contributed by atoms with Gasteiger partial charge >= 0.3 is 6.01 Å². The minimum Gasteiger partial charge on any atom is -0.460 e. The number of aromatic nitrogens is 2. The Morgan fingerprint density at radius 1 is 1.12 bits per heavy atom. The molecule has 136 valence electrons. The maximum absolute atomic E-state index is 11.8. The number of ether oxygens (including phenoxy) is 1. The lowest BCUT2D eigenvalue weighted by molar-refractivity contribution is -0.122. The average Bonchev–Trinajstić information content (AvgIpc) is 3.44. The summed E-state index contributed by atoms with van der Waals surface area (Å²) in [4.78, 5) is 20.5. The molecule has 2 fully saturated rings. The van der Waals surface area contributed by atoms with E-state index < -0.39 is 0 Å². The summed E-state index contributed by atoms with van der Waals surface area (Å²) in [6, 6.07) is 8.99. The molecule has 2 aliphatic carbocycles. The van der Waals surface area contributed by atoms with Gasteiger partial charge in [-0.25, -0.2) is 9.97 Å². The van der Waals surface area contributed by atoms with Crippen LogP contribution in [0.25, 0.3) is 11.1 Å². The minimum absolute atomic E-state index is 0.153. The number of hydrogen-bond acceptors (Lipinski definition) is 4. The summed E-state index contributed by atoms with van der Waals surface area (Å²) in [6.45, 7) is 2.06. The average molecular weight is 351 g/mol. The third kappa shape index (κ3) is 4.21. The van der Waals surface area contributed by atoms with Gasteiger partial charge in [-0.05, 0) is 56.6 Å². The molecule has 1 amide bonds. The van der Waals surface area contributed by atoms with Gasteiger partial charge in [0.25, 0.3) is 0 Å². The van der Waals surface area contributed by atoms with Gasteiger partial charge in [-0.3, -0.25) is 4.79 Å². The van der Waals surface area contributed by atoms with Gasteiger partial charge in [0.1, 0.15) is 6.10 Å². The Morgan fingerprint density at radius 3 is 2.38 bits per heavy atom. The Labute approximate surface area is 154 Å². The summed E-state index contributed by atoms with van der Waals surface area (Å²) in [5, 5.41) is 3.10. The molecule has 2 saturated carbocycles. The highest BCUT2D eigenvalue weighted by molar-refractivity contribution is 5.81. The molecule has 1 unspecified atom stereocenters. The molecule has 1 aromatic carbocycles. The van der Waals surface area contributed by atoms with E-state index in [2.05, 4.69) is 46.5 Å². The third-order valence-electron chi connectivity index (χ3n) is 5.12. The predicted molar refractivity (Wildman–Crippen MR) is 99.8 cm³/mol. The second-order valence-electron chi connectivity index (χ2n) is 7.51. The van der Waals surface area contributed by atoms with Crippen LogP contribution in [0.5, 0.6) is 6.01 Å². The van der Waals surface area contributed by atoms with Gasteiger partial charge in [-0.2, -0.15) is 0 Å². The smallest absolute Gasteiger partial charge is 0.316 e. The fourth-order valence-corrected chi connectivity index (χ4v) is 3.11. The molecule has 5 nitrogen and oxygen atoms in total. The van der Waals surface area contributed by atoms with Crippen LogP contribution in [0.2, 0.25) is 0 Å². The van der Waals surface area contributed by atoms with Crippen LogP contribution in [0.3, 0.4) is 0 Å². The van der Waals surface area contributed by atoms with Crippen molar-refractivity contribution in [2.24, 2.45) is 5.92 Å². The second kappa shape index (κ2) is 7.44. The van der Waals surface area contributed by atoms with E-state index in [-0.39, 0.29) is 17.9 Å². The Bertz CT molecular complexity index is 750. The second-order valence-corrected chi connectivity index (χ2v) is 7.51. The Kier molecular flexibility index (Phi) is 4.87. The molecule has 0 saturated heterocycles. The van der Waals surface area contributed by atoms with Gasteiger partial charge in [0.15, 0.2) is 0 Å². The van der Waals surface area contributed by atoms with Crippen molar-refractivity contribution in [3.05, 3.63) is 42.2 Å². The monoisotopic (exact) mass is 351 g/mol. The summed E-state index contributed by atoms with van der Waals surface area (Å²) in [5.41, 5.74) is 3.27. The molecule has 1 atom stereocenters. The first-order valence-corrected chi connectivity index (χ1v) is 9.56. The number of amides is 1. The van der Waals surface area contributed by atoms with Crippen LogP contribution < -0.4 is 10.1 Å². The maximum Gasteiger partial charge on any atom is 0.316 e. The highest BCUT2D eigenvalue weighted by Crippen LogP contribution is 2.29. The van der Waals surface area contributed by atoms with Gasteiger partial charge in [0, 0.05) is 29.9 Å². The van der Waals surface area contributed by atoms with E-state index in [1.54, 1.807) is 0 Å². The fraction of sp³-hybridized carbons (Fsp3) is 0.476. The zero-order chi connectivity index (χ0) is 17.9. The van der Waals surface area contributed by atoms with Crippen molar-refractivity contribution in [1.29, 1.82) is 0 Å². The Balaban J connectivity index is 1.33. The van der Waals surface area contributed by atoms with Crippen molar-refractivity contribution < 1.29 is 9.53 Å². The van der Waals surface area contributed by atoms with Gasteiger partial charge in [0.2, 0.25) is 5.91 Å². The number of nitrogens with zero attached hydrogens (tertiary/aromatic N) is 2. The highest BCUT2D eigenvalue weighted by Gasteiger charge is 2.30. The van der Waals surface area contributed by atoms with Gasteiger partial charge in [0.05, 0.1) is 0 Å². The number of rotatable bonds is 7. The Morgan fingerprint density at radius 2 is 1.81 bits per heavy atom. The SMILES string of the molecule is CC(Cc1ccc(-c2cnc(OC3CCC3)nc2)cc1)NC(=O)C1CC1. The molecule has 0 spiro atoms. The molecule has 0 aliphatic heterocycles. The van der Waals surface area contributed by atoms with Gasteiger partial charge < -0.3 is 10.1 Å². The molecule has 1 N–H and O–H groups in total. The van der Waals surface area contributed by atoms with Crippen LogP contribution in [-0.4, -0.2) is 28.0 Å². The molecule has 2 aromatic rings. The number of carbonyl (C=O) groups is 1. The fourth-order valence-electron chi connectivity index (χ4n) is 3.11. The molecule has 26 heavy (non-hydrogen) atoms. The van der Waals surface area contributed by atoms with Crippen molar-refractivity contribution in [1.82, 2.24) is 15.3 Å². The topological polar surface area (TPSA) is 64.1 Å². The standard InChI is InChI=1S/C21H25N3O2/c1-14(24-20(25)17-9-10-17)11-15-5-7-16(8-6-15)18-12-22-21(23-13-18)26-19-3-2-4-19/h5-8,12-14,17,19H,2-4,9-11H2,1H3,(H,24,25). The lowest BCUT2D eigenvalue weighted by atomic mass is 9.96. The maximum atomic E-state index is 11.8. The highest BCUT2D eigenvalue weighted by atomic mass is 16.5. The zero-order valence-corrected chi connectivity index (χ0v) is 15.1. The quantitative estimate of drug-likeness (QED) is 0.829. The third-order valence-corrected chi connectivity index (χ3v) is 5.12. The molecule has 0 radical (unpaired) electrons. The predicted octanol–water partition coefficient (Wildman–Crippen LogP) is 3.53. The first-order valence-electron chi connectivity index (χ1n) is 9.56. The van der Waals surface area contributed by atoms with E-state index in [1.165, 1.54) is 12.0 Å². The van der Waals surface area contributed by atoms with Crippen molar-refractivity contribution in [3.63, 3.8) is 0 Å². The van der Waals surface area contributed by atoms with Gasteiger partial charge in [-0.15, -0.1) is 0 Å². The normalized spacial score (nSPS) is 18.0. The summed E-state index contributed by atoms with van der Waals surface area (Å²) in [5.74, 6) is 0.464. The Hall–Kier alpha value is -2.43. The number of hydrogen-bond donors (Lipinski definition) is 1. The first kappa shape index (κ1) is 17.0. The summed E-state index contributed by atoms with van der Waals surface area (Å²) in [7, 11) is 0. The van der Waals surface area contributed by atoms with Crippen LogP contribution in [0.4, 0.5) is 0 Å². The van der Waals surface area contributed by atoms with E-state index >= 15 is 0 Å². The number of nitrogens with one attached hydrogen (secondary N) is 1. The molecule has 1 aromatic heterocycles. The minimum atomic E-state index is 0.153. The molecule has 5 heteroatoms. The van der Waals surface area contributed by atoms with Crippen LogP contribution in [0.15, 0.2) is 36.7 Å². The largest absolute Gasteiger partial charge is 0.460 e. The number of carbonyl (C=O) groups excluding carboxylic acids is 1. The van der Waals surface area contributed by atoms with E-state index in [0.717, 1.165) is 43.2 Å². The van der Waals surface area contributed by atoms with E-state index in [0.29, 0.717) is 12.1 Å². The van der Waals surface area contributed by atoms with E-state index in [9.17, 15) is 4.79 Å². The molecular weight excluding hydrogens is 326 g/mol. The zero-order valence-electron chi connectivity index (χ0n) is 15.1. The van der Waals surface area contributed by atoms with Crippen LogP contribution in [0, 0.1) is 5.92 Å². The lowest BCUT2D eigenvalue weighted by Gasteiger charge is -2.24. The summed E-state index contributed by atoms with van der Waals surface area (Å²) >= 11 is 0. The summed E-state index contributed by atoms with van der Waals surface area (Å²) in [6.07, 6.45) is 10.3. The van der Waals surface area contributed by atoms with Crippen molar-refractivity contribution in [2.75, 3.05) is 0 Å². The van der Waals surface area contributed by atoms with E-state index in [4.69, 9.17) is 4.74 Å². The van der Waals surface area contributed by atoms with Crippen molar-refractivity contribution >= 4 is 5.91 Å². The van der Waals surface area contributed by atoms with Crippen molar-refractivity contribution in [2.45, 2.75) is 57.6 Å². The van der Waals surface area contributed by atoms with Crippen LogP contribution in [0.1, 0.15) is 44.6 Å². The molecule has 1 heterocycles. The molecule has 0 bridgehead atoms. The van der Waals surface area contributed by atoms with Crippen LogP contribution in [-0.2, 0) is 11.2 Å². The number of benzene rings is 1.